The highest BCUT2D eigenvalue weighted by molar-refractivity contribution is 5.88. The Morgan fingerprint density at radius 1 is 0.731 bits per heavy atom. The van der Waals surface area contributed by atoms with E-state index in [1.807, 2.05) is 0 Å². The van der Waals surface area contributed by atoms with Crippen LogP contribution in [0.2, 0.25) is 0 Å². The third-order valence-corrected chi connectivity index (χ3v) is 6.66. The number of hydrogen-bond donors (Lipinski definition) is 5. The first kappa shape index (κ1) is 42.5. The summed E-state index contributed by atoms with van der Waals surface area (Å²) in [4.78, 5) is 42.7. The molecule has 3 aromatic heterocycles. The van der Waals surface area contributed by atoms with E-state index in [1.54, 1.807) is 0 Å². The molecule has 17 nitrogen and oxygen atoms in total. The summed E-state index contributed by atoms with van der Waals surface area (Å²) in [6, 6.07) is 2.16. The number of nitro benzene ring substituents is 1. The Bertz CT molecular complexity index is 1820. The number of carboxylic acids is 2. The monoisotopic (exact) mass is 751 g/mol. The van der Waals surface area contributed by atoms with Crippen LogP contribution in [0, 0.1) is 27.6 Å². The molecule has 0 radical (unpaired) electrons. The SMILES string of the molecule is C[C@](O)(Cn1cc(F)cn1)C(=O)Cc1ccc([N+](=O)[O-])c(C(F)(F)F)c1.C[C@](O)(Cn1cc(F)cn1)C(=O)O.C[C@](O)(Cn1cc(F)cn1)C(=O)O. The van der Waals surface area contributed by atoms with Crippen LogP contribution in [0.5, 0.6) is 0 Å². The van der Waals surface area contributed by atoms with Gasteiger partial charge in [0.25, 0.3) is 5.69 Å². The van der Waals surface area contributed by atoms with Gasteiger partial charge in [0.15, 0.2) is 34.4 Å². The van der Waals surface area contributed by atoms with Crippen molar-refractivity contribution in [1.82, 2.24) is 29.3 Å². The van der Waals surface area contributed by atoms with Crippen LogP contribution < -0.4 is 0 Å². The quantitative estimate of drug-likeness (QED) is 0.0793. The van der Waals surface area contributed by atoms with Crippen LogP contribution in [-0.4, -0.2) is 94.3 Å². The molecule has 0 aliphatic rings. The van der Waals surface area contributed by atoms with Crippen LogP contribution in [0.15, 0.2) is 55.4 Å². The van der Waals surface area contributed by atoms with E-state index in [9.17, 15) is 66.2 Å². The highest BCUT2D eigenvalue weighted by Gasteiger charge is 2.39. The first-order valence-corrected chi connectivity index (χ1v) is 14.3. The molecule has 0 saturated heterocycles. The molecular weight excluding hydrogens is 720 g/mol. The molecule has 4 aromatic rings. The van der Waals surface area contributed by atoms with Gasteiger partial charge in [-0.1, -0.05) is 6.07 Å². The Kier molecular flexibility index (Phi) is 13.5. The van der Waals surface area contributed by atoms with Crippen molar-refractivity contribution in [2.75, 3.05) is 0 Å². The number of ketones is 1. The number of carboxylic acid groups (broad SMARTS) is 2. The Hall–Kier alpha value is -5.68. The van der Waals surface area contributed by atoms with Gasteiger partial charge in [-0.3, -0.25) is 29.0 Å². The second-order valence-electron chi connectivity index (χ2n) is 11.7. The highest BCUT2D eigenvalue weighted by Crippen LogP contribution is 2.36. The highest BCUT2D eigenvalue weighted by atomic mass is 19.4. The minimum absolute atomic E-state index is 0.153. The van der Waals surface area contributed by atoms with Gasteiger partial charge in [-0.25, -0.2) is 22.8 Å². The van der Waals surface area contributed by atoms with Crippen LogP contribution in [0.25, 0.3) is 0 Å². The summed E-state index contributed by atoms with van der Waals surface area (Å²) in [7, 11) is 0. The van der Waals surface area contributed by atoms with Crippen LogP contribution in [0.1, 0.15) is 31.9 Å². The van der Waals surface area contributed by atoms with Crippen molar-refractivity contribution in [3.05, 3.63) is 94.1 Å². The van der Waals surface area contributed by atoms with E-state index >= 15 is 0 Å². The van der Waals surface area contributed by atoms with E-state index in [4.69, 9.17) is 10.2 Å². The lowest BCUT2D eigenvalue weighted by atomic mass is 9.94. The van der Waals surface area contributed by atoms with E-state index in [2.05, 4.69) is 15.3 Å². The zero-order chi connectivity index (χ0) is 39.8. The molecule has 23 heteroatoms. The Balaban J connectivity index is 0.000000301. The third-order valence-electron chi connectivity index (χ3n) is 6.66. The molecule has 284 valence electrons. The molecule has 0 bridgehead atoms. The number of rotatable bonds is 12. The predicted octanol–water partition coefficient (Wildman–Crippen LogP) is 2.23. The molecule has 0 saturated carbocycles. The maximum absolute atomic E-state index is 13.0. The number of hydrogen-bond acceptors (Lipinski definition) is 11. The Labute approximate surface area is 288 Å². The molecular formula is C29H31F6N7O10. The number of carbonyl (C=O) groups excluding carboxylic acids is 1. The van der Waals surface area contributed by atoms with Crippen LogP contribution in [-0.2, 0) is 46.6 Å². The fourth-order valence-electron chi connectivity index (χ4n) is 3.90. The maximum Gasteiger partial charge on any atom is 0.423 e. The van der Waals surface area contributed by atoms with Crippen molar-refractivity contribution in [3.63, 3.8) is 0 Å². The smallest absolute Gasteiger partial charge is 0.423 e. The molecule has 0 amide bonds. The van der Waals surface area contributed by atoms with Gasteiger partial charge in [0, 0.05) is 12.5 Å². The molecule has 0 aliphatic carbocycles. The molecule has 3 atom stereocenters. The number of aromatic nitrogens is 6. The summed E-state index contributed by atoms with van der Waals surface area (Å²) in [6.45, 7) is 2.38. The van der Waals surface area contributed by atoms with Crippen molar-refractivity contribution in [3.8, 4) is 0 Å². The number of aliphatic hydroxyl groups is 3. The molecule has 5 N–H and O–H groups in total. The summed E-state index contributed by atoms with van der Waals surface area (Å²) < 4.78 is 79.6. The molecule has 0 aliphatic heterocycles. The Morgan fingerprint density at radius 2 is 1.10 bits per heavy atom. The zero-order valence-corrected chi connectivity index (χ0v) is 27.2. The molecule has 1 aromatic carbocycles. The number of alkyl halides is 3. The standard InChI is InChI=1S/C15H13F4N3O4.2C7H9FN2O3/c1-14(24,8-21-7-10(16)6-20-21)13(23)5-9-2-3-12(22(25)26)11(4-9)15(17,18)19;2*1-7(13,6(11)12)4-10-3-5(8)2-9-10/h2-4,6-7,24H,5,8H2,1H3;2*2-3,13H,4H2,1H3,(H,11,12)/t14-;2*7-/m000/s1. The molecule has 0 unspecified atom stereocenters. The number of nitrogens with zero attached hydrogens (tertiary/aromatic N) is 7. The summed E-state index contributed by atoms with van der Waals surface area (Å²) in [5.74, 6) is -5.41. The summed E-state index contributed by atoms with van der Waals surface area (Å²) >= 11 is 0. The van der Waals surface area contributed by atoms with Gasteiger partial charge in [-0.05, 0) is 32.4 Å². The van der Waals surface area contributed by atoms with Crippen LogP contribution >= 0.6 is 0 Å². The number of carbonyl (C=O) groups is 3. The number of nitro groups is 1. The number of halogens is 6. The minimum atomic E-state index is -4.98. The number of benzene rings is 1. The molecule has 52 heavy (non-hydrogen) atoms. The first-order chi connectivity index (χ1) is 23.7. The lowest BCUT2D eigenvalue weighted by molar-refractivity contribution is -0.388. The van der Waals surface area contributed by atoms with E-state index < -0.39 is 87.3 Å². The van der Waals surface area contributed by atoms with Crippen molar-refractivity contribution < 1.29 is 71.2 Å². The summed E-state index contributed by atoms with van der Waals surface area (Å²) in [5, 5.41) is 67.1. The lowest BCUT2D eigenvalue weighted by Gasteiger charge is -2.22. The van der Waals surface area contributed by atoms with Gasteiger partial charge in [-0.15, -0.1) is 0 Å². The van der Waals surface area contributed by atoms with Crippen LogP contribution in [0.4, 0.5) is 32.0 Å². The first-order valence-electron chi connectivity index (χ1n) is 14.3. The van der Waals surface area contributed by atoms with Crippen LogP contribution in [0.3, 0.4) is 0 Å². The topological polar surface area (TPSA) is 249 Å². The van der Waals surface area contributed by atoms with Gasteiger partial charge < -0.3 is 25.5 Å². The van der Waals surface area contributed by atoms with Gasteiger partial charge in [-0.2, -0.15) is 28.5 Å². The molecule has 0 fully saturated rings. The fraction of sp³-hybridized carbons (Fsp3) is 0.379. The minimum Gasteiger partial charge on any atom is -0.479 e. The van der Waals surface area contributed by atoms with Crippen molar-refractivity contribution >= 4 is 23.4 Å². The molecule has 4 rings (SSSR count). The van der Waals surface area contributed by atoms with Gasteiger partial charge in [0.2, 0.25) is 0 Å². The van der Waals surface area contributed by atoms with Gasteiger partial charge in [0.1, 0.15) is 11.2 Å². The average molecular weight is 752 g/mol. The van der Waals surface area contributed by atoms with E-state index in [0.29, 0.717) is 12.1 Å². The van der Waals surface area contributed by atoms with Crippen molar-refractivity contribution in [1.29, 1.82) is 0 Å². The van der Waals surface area contributed by atoms with Crippen molar-refractivity contribution in [2.24, 2.45) is 0 Å². The van der Waals surface area contributed by atoms with Gasteiger partial charge >= 0.3 is 18.1 Å². The number of Topliss-reactive ketones (excluding diaryl/α,β-unsaturated/α-hetero) is 1. The number of aliphatic carboxylic acids is 2. The van der Waals surface area contributed by atoms with E-state index in [0.717, 1.165) is 78.1 Å². The maximum atomic E-state index is 13.0. The molecule has 0 spiro atoms. The fourth-order valence-corrected chi connectivity index (χ4v) is 3.90. The lowest BCUT2D eigenvalue weighted by Crippen LogP contribution is -2.41. The Morgan fingerprint density at radius 3 is 1.38 bits per heavy atom. The second kappa shape index (κ2) is 16.6. The normalized spacial score (nSPS) is 14.7. The second-order valence-corrected chi connectivity index (χ2v) is 11.7. The average Bonchev–Trinajstić information content (AvgIpc) is 3.73. The largest absolute Gasteiger partial charge is 0.479 e. The summed E-state index contributed by atoms with van der Waals surface area (Å²) in [5.41, 5.74) is -8.66. The summed E-state index contributed by atoms with van der Waals surface area (Å²) in [6.07, 6.45) is 0.140. The van der Waals surface area contributed by atoms with E-state index in [1.165, 1.54) is 0 Å². The molecule has 3 heterocycles. The van der Waals surface area contributed by atoms with Crippen molar-refractivity contribution in [2.45, 2.75) is 69.8 Å². The van der Waals surface area contributed by atoms with E-state index in [-0.39, 0.29) is 18.7 Å². The zero-order valence-electron chi connectivity index (χ0n) is 27.2. The van der Waals surface area contributed by atoms with Gasteiger partial charge in [0.05, 0.1) is 61.7 Å². The predicted molar refractivity (Wildman–Crippen MR) is 161 cm³/mol. The third kappa shape index (κ3) is 12.6.